The number of carbonyl (C=O) groups excluding carboxylic acids is 1. The topological polar surface area (TPSA) is 46.3 Å². The number of likely N-dealkylation sites (tertiary alicyclic amines) is 1. The van der Waals surface area contributed by atoms with Gasteiger partial charge >= 0.3 is 0 Å². The van der Waals surface area contributed by atoms with Crippen molar-refractivity contribution in [1.82, 2.24) is 4.90 Å². The lowest BCUT2D eigenvalue weighted by molar-refractivity contribution is -0.133. The third-order valence-electron chi connectivity index (χ3n) is 3.49. The maximum atomic E-state index is 12.3. The average Bonchev–Trinajstić information content (AvgIpc) is 2.68. The molecule has 1 heterocycles. The molecular formula is C14H20N2O. The molecule has 92 valence electrons. The summed E-state index contributed by atoms with van der Waals surface area (Å²) in [4.78, 5) is 14.2. The van der Waals surface area contributed by atoms with Gasteiger partial charge in [-0.3, -0.25) is 4.79 Å². The predicted molar refractivity (Wildman–Crippen MR) is 68.3 cm³/mol. The van der Waals surface area contributed by atoms with Crippen LogP contribution in [0.4, 0.5) is 0 Å². The van der Waals surface area contributed by atoms with Crippen LogP contribution in [0.3, 0.4) is 0 Å². The van der Waals surface area contributed by atoms with Crippen LogP contribution in [0.2, 0.25) is 0 Å². The SMILES string of the molecule is CC1CC(C)N(C(=O)[C@H](N)c2ccccc2)C1. The Balaban J connectivity index is 2.10. The molecule has 1 aliphatic heterocycles. The van der Waals surface area contributed by atoms with Crippen LogP contribution in [0.25, 0.3) is 0 Å². The fraction of sp³-hybridized carbons (Fsp3) is 0.500. The summed E-state index contributed by atoms with van der Waals surface area (Å²) in [5.74, 6) is 0.630. The van der Waals surface area contributed by atoms with Gasteiger partial charge in [0, 0.05) is 12.6 Å². The van der Waals surface area contributed by atoms with Crippen molar-refractivity contribution in [3.63, 3.8) is 0 Å². The zero-order valence-electron chi connectivity index (χ0n) is 10.5. The first-order chi connectivity index (χ1) is 8.09. The fourth-order valence-corrected chi connectivity index (χ4v) is 2.59. The number of nitrogens with two attached hydrogens (primary N) is 1. The largest absolute Gasteiger partial charge is 0.338 e. The normalized spacial score (nSPS) is 25.9. The van der Waals surface area contributed by atoms with Crippen molar-refractivity contribution >= 4 is 5.91 Å². The van der Waals surface area contributed by atoms with Crippen molar-refractivity contribution in [2.45, 2.75) is 32.4 Å². The van der Waals surface area contributed by atoms with E-state index in [2.05, 4.69) is 13.8 Å². The van der Waals surface area contributed by atoms with Crippen LogP contribution in [-0.2, 0) is 4.79 Å². The number of hydrogen-bond acceptors (Lipinski definition) is 2. The first kappa shape index (κ1) is 12.1. The van der Waals surface area contributed by atoms with Crippen LogP contribution < -0.4 is 5.73 Å². The zero-order chi connectivity index (χ0) is 12.4. The Morgan fingerprint density at radius 3 is 2.53 bits per heavy atom. The minimum absolute atomic E-state index is 0.0491. The van der Waals surface area contributed by atoms with Crippen molar-refractivity contribution in [2.24, 2.45) is 11.7 Å². The fourth-order valence-electron chi connectivity index (χ4n) is 2.59. The van der Waals surface area contributed by atoms with Crippen molar-refractivity contribution in [1.29, 1.82) is 0 Å². The molecule has 0 aliphatic carbocycles. The van der Waals surface area contributed by atoms with Gasteiger partial charge in [-0.05, 0) is 24.8 Å². The van der Waals surface area contributed by atoms with Crippen LogP contribution in [0.1, 0.15) is 31.9 Å². The number of amides is 1. The highest BCUT2D eigenvalue weighted by Crippen LogP contribution is 2.25. The summed E-state index contributed by atoms with van der Waals surface area (Å²) in [5.41, 5.74) is 6.93. The quantitative estimate of drug-likeness (QED) is 0.847. The molecule has 3 atom stereocenters. The van der Waals surface area contributed by atoms with E-state index in [1.807, 2.05) is 35.2 Å². The molecule has 2 rings (SSSR count). The number of carbonyl (C=O) groups is 1. The third kappa shape index (κ3) is 2.50. The lowest BCUT2D eigenvalue weighted by atomic mass is 10.1. The maximum Gasteiger partial charge on any atom is 0.244 e. The second-order valence-electron chi connectivity index (χ2n) is 5.07. The molecule has 2 unspecified atom stereocenters. The van der Waals surface area contributed by atoms with E-state index >= 15 is 0 Å². The molecule has 0 bridgehead atoms. The van der Waals surface area contributed by atoms with E-state index in [0.29, 0.717) is 12.0 Å². The molecule has 0 aromatic heterocycles. The minimum atomic E-state index is -0.524. The van der Waals surface area contributed by atoms with E-state index < -0.39 is 6.04 Å². The second-order valence-corrected chi connectivity index (χ2v) is 5.07. The van der Waals surface area contributed by atoms with Gasteiger partial charge in [-0.1, -0.05) is 37.3 Å². The highest BCUT2D eigenvalue weighted by molar-refractivity contribution is 5.83. The van der Waals surface area contributed by atoms with E-state index in [-0.39, 0.29) is 5.91 Å². The molecule has 17 heavy (non-hydrogen) atoms. The summed E-state index contributed by atoms with van der Waals surface area (Å²) < 4.78 is 0. The second kappa shape index (κ2) is 4.88. The smallest absolute Gasteiger partial charge is 0.244 e. The van der Waals surface area contributed by atoms with Gasteiger partial charge in [-0.25, -0.2) is 0 Å². The van der Waals surface area contributed by atoms with Gasteiger partial charge in [0.05, 0.1) is 0 Å². The molecule has 1 aromatic rings. The molecule has 2 N–H and O–H groups in total. The minimum Gasteiger partial charge on any atom is -0.338 e. The molecule has 1 aromatic carbocycles. The molecule has 1 aliphatic rings. The van der Waals surface area contributed by atoms with Crippen molar-refractivity contribution in [3.8, 4) is 0 Å². The molecule has 3 nitrogen and oxygen atoms in total. The Kier molecular flexibility index (Phi) is 3.48. The molecule has 1 saturated heterocycles. The van der Waals surface area contributed by atoms with Crippen molar-refractivity contribution in [3.05, 3.63) is 35.9 Å². The van der Waals surface area contributed by atoms with Gasteiger partial charge in [0.15, 0.2) is 0 Å². The van der Waals surface area contributed by atoms with Gasteiger partial charge in [-0.2, -0.15) is 0 Å². The lowest BCUT2D eigenvalue weighted by Crippen LogP contribution is -2.40. The summed E-state index contributed by atoms with van der Waals surface area (Å²) in [7, 11) is 0. The Morgan fingerprint density at radius 1 is 1.35 bits per heavy atom. The summed E-state index contributed by atoms with van der Waals surface area (Å²) in [6.07, 6.45) is 1.08. The van der Waals surface area contributed by atoms with Crippen molar-refractivity contribution < 1.29 is 4.79 Å². The molecular weight excluding hydrogens is 212 g/mol. The highest BCUT2D eigenvalue weighted by Gasteiger charge is 2.32. The van der Waals surface area contributed by atoms with Gasteiger partial charge in [0.1, 0.15) is 6.04 Å². The monoisotopic (exact) mass is 232 g/mol. The summed E-state index contributed by atoms with van der Waals surface area (Å²) in [6.45, 7) is 5.11. The van der Waals surface area contributed by atoms with E-state index in [0.717, 1.165) is 18.5 Å². The average molecular weight is 232 g/mol. The van der Waals surface area contributed by atoms with Gasteiger partial charge in [0.2, 0.25) is 5.91 Å². The standard InChI is InChI=1S/C14H20N2O/c1-10-8-11(2)16(9-10)14(17)13(15)12-6-4-3-5-7-12/h3-7,10-11,13H,8-9,15H2,1-2H3/t10?,11?,13-/m1/s1. The molecule has 3 heteroatoms. The summed E-state index contributed by atoms with van der Waals surface area (Å²) >= 11 is 0. The lowest BCUT2D eigenvalue weighted by Gasteiger charge is -2.25. The van der Waals surface area contributed by atoms with Gasteiger partial charge < -0.3 is 10.6 Å². The van der Waals surface area contributed by atoms with Crippen LogP contribution in [0, 0.1) is 5.92 Å². The number of rotatable bonds is 2. The Bertz CT molecular complexity index is 390. The van der Waals surface area contributed by atoms with Crippen LogP contribution in [0.15, 0.2) is 30.3 Å². The summed E-state index contributed by atoms with van der Waals surface area (Å²) in [5, 5.41) is 0. The van der Waals surface area contributed by atoms with E-state index in [1.165, 1.54) is 0 Å². The molecule has 1 amide bonds. The highest BCUT2D eigenvalue weighted by atomic mass is 16.2. The van der Waals surface area contributed by atoms with E-state index in [9.17, 15) is 4.79 Å². The van der Waals surface area contributed by atoms with Crippen LogP contribution >= 0.6 is 0 Å². The third-order valence-corrected chi connectivity index (χ3v) is 3.49. The molecule has 0 spiro atoms. The first-order valence-corrected chi connectivity index (χ1v) is 6.20. The number of benzene rings is 1. The van der Waals surface area contributed by atoms with Crippen molar-refractivity contribution in [2.75, 3.05) is 6.54 Å². The van der Waals surface area contributed by atoms with Crippen LogP contribution in [0.5, 0.6) is 0 Å². The van der Waals surface area contributed by atoms with Gasteiger partial charge in [-0.15, -0.1) is 0 Å². The number of nitrogens with zero attached hydrogens (tertiary/aromatic N) is 1. The van der Waals surface area contributed by atoms with Gasteiger partial charge in [0.25, 0.3) is 0 Å². The van der Waals surface area contributed by atoms with E-state index in [4.69, 9.17) is 5.73 Å². The molecule has 0 saturated carbocycles. The van der Waals surface area contributed by atoms with Crippen LogP contribution in [-0.4, -0.2) is 23.4 Å². The predicted octanol–water partition coefficient (Wildman–Crippen LogP) is 1.94. The molecule has 0 radical (unpaired) electrons. The van der Waals surface area contributed by atoms with E-state index in [1.54, 1.807) is 0 Å². The Morgan fingerprint density at radius 2 is 2.00 bits per heavy atom. The molecule has 1 fully saturated rings. The number of hydrogen-bond donors (Lipinski definition) is 1. The Hall–Kier alpha value is -1.35. The maximum absolute atomic E-state index is 12.3. The zero-order valence-corrected chi connectivity index (χ0v) is 10.5. The Labute approximate surface area is 103 Å². The summed E-state index contributed by atoms with van der Waals surface area (Å²) in [6, 6.07) is 9.37. The first-order valence-electron chi connectivity index (χ1n) is 6.20.